The van der Waals surface area contributed by atoms with Crippen LogP contribution in [-0.2, 0) is 60.1 Å². The van der Waals surface area contributed by atoms with Crippen molar-refractivity contribution in [3.63, 3.8) is 0 Å². The van der Waals surface area contributed by atoms with Gasteiger partial charge in [0.15, 0.2) is 0 Å². The number of benzene rings is 6. The van der Waals surface area contributed by atoms with Crippen molar-refractivity contribution < 1.29 is 68.7 Å². The highest BCUT2D eigenvalue weighted by atomic mass is 32.2. The molecule has 326 valence electrons. The lowest BCUT2D eigenvalue weighted by Gasteiger charge is -2.17. The quantitative estimate of drug-likeness (QED) is 0.0616. The van der Waals surface area contributed by atoms with Crippen LogP contribution in [0.2, 0.25) is 0 Å². The number of hydrogen-bond donors (Lipinski definition) is 6. The SMILES string of the molecule is Nc1ccc(-c2ccc(N)cc2S(=O)(=O)c2ccc(Sc3ccc(S(=O)(=O)O)cc3)c(S(=O)(=O)O)c2)c(S(=O)(=O)c2ccc(Sc3ccc(S(=O)(=O)O)cc3)c(S(=O)(=O)O)c2)c1. The second-order valence-electron chi connectivity index (χ2n) is 12.8. The van der Waals surface area contributed by atoms with E-state index >= 15 is 0 Å². The molecule has 0 unspecified atom stereocenters. The minimum atomic E-state index is -5.16. The molecule has 62 heavy (non-hydrogen) atoms. The first-order valence-corrected chi connectivity index (χ1v) is 27.0. The molecule has 0 atom stereocenters. The second-order valence-corrected chi connectivity index (χ2v) is 24.5. The lowest BCUT2D eigenvalue weighted by molar-refractivity contribution is 0.478. The maximum absolute atomic E-state index is 14.4. The summed E-state index contributed by atoms with van der Waals surface area (Å²) in [6.07, 6.45) is 0. The van der Waals surface area contributed by atoms with E-state index in [2.05, 4.69) is 0 Å². The summed E-state index contributed by atoms with van der Waals surface area (Å²) in [5.74, 6) is 0. The van der Waals surface area contributed by atoms with E-state index in [1.54, 1.807) is 0 Å². The first-order chi connectivity index (χ1) is 28.6. The Labute approximate surface area is 363 Å². The summed E-state index contributed by atoms with van der Waals surface area (Å²) in [5, 5.41) is 0. The van der Waals surface area contributed by atoms with E-state index in [0.717, 1.165) is 72.8 Å². The van der Waals surface area contributed by atoms with E-state index in [1.165, 1.54) is 36.4 Å². The third-order valence-electron chi connectivity index (χ3n) is 8.59. The van der Waals surface area contributed by atoms with E-state index in [4.69, 9.17) is 11.5 Å². The maximum Gasteiger partial charge on any atom is 0.295 e. The predicted molar refractivity (Wildman–Crippen MR) is 225 cm³/mol. The molecule has 18 nitrogen and oxygen atoms in total. The second kappa shape index (κ2) is 16.7. The molecule has 0 radical (unpaired) electrons. The Hall–Kier alpha value is -4.84. The van der Waals surface area contributed by atoms with Crippen molar-refractivity contribution in [3.8, 4) is 11.1 Å². The van der Waals surface area contributed by atoms with Crippen LogP contribution in [0, 0.1) is 0 Å². The van der Waals surface area contributed by atoms with Crippen molar-refractivity contribution in [2.45, 2.75) is 58.7 Å². The molecule has 8 N–H and O–H groups in total. The number of hydrogen-bond acceptors (Lipinski definition) is 16. The average molecular weight is 1000 g/mol. The van der Waals surface area contributed by atoms with E-state index < -0.39 is 99.3 Å². The van der Waals surface area contributed by atoms with Gasteiger partial charge in [-0.2, -0.15) is 33.7 Å². The highest BCUT2D eigenvalue weighted by Gasteiger charge is 2.31. The zero-order chi connectivity index (χ0) is 45.8. The Kier molecular flexibility index (Phi) is 12.6. The fraction of sp³-hybridized carbons (Fsp3) is 0. The molecule has 6 aromatic carbocycles. The number of anilines is 2. The Balaban J connectivity index is 1.45. The van der Waals surface area contributed by atoms with Gasteiger partial charge in [0.05, 0.1) is 29.4 Å². The molecule has 26 heteroatoms. The maximum atomic E-state index is 14.4. The standard InChI is InChI=1S/C36H28N2O16S8/c37-21-1-13-29(33(17-21)57(39,40)27-11-15-31(35(19-27)61(49,50)51)55-23-3-7-25(8-4-23)59(43,44)45)30-14-2-22(38)18-34(30)58(41,42)28-12-16-32(36(20-28)62(52,53)54)56-24-5-9-26(10-6-24)60(46,47)48/h1-20H,37-38H2,(H,43,44,45)(H,46,47,48)(H,49,50,51)(H,52,53,54). The van der Waals surface area contributed by atoms with Crippen LogP contribution in [0.25, 0.3) is 11.1 Å². The third kappa shape index (κ3) is 10.0. The Morgan fingerprint density at radius 1 is 0.339 bits per heavy atom. The molecule has 6 rings (SSSR count). The summed E-state index contributed by atoms with van der Waals surface area (Å²) in [4.78, 5) is -5.35. The predicted octanol–water partition coefficient (Wildman–Crippen LogP) is 5.47. The highest BCUT2D eigenvalue weighted by Crippen LogP contribution is 2.42. The Morgan fingerprint density at radius 2 is 0.645 bits per heavy atom. The number of sulfone groups is 2. The molecule has 0 aliphatic heterocycles. The van der Waals surface area contributed by atoms with Crippen LogP contribution in [0.4, 0.5) is 11.4 Å². The van der Waals surface area contributed by atoms with Crippen LogP contribution in [0.5, 0.6) is 0 Å². The van der Waals surface area contributed by atoms with Crippen molar-refractivity contribution >= 4 is 95.0 Å². The minimum absolute atomic E-state index is 0.138. The first kappa shape index (κ1) is 46.7. The summed E-state index contributed by atoms with van der Waals surface area (Å²) in [6, 6.07) is 21.1. The van der Waals surface area contributed by atoms with Crippen molar-refractivity contribution in [1.82, 2.24) is 0 Å². The van der Waals surface area contributed by atoms with Crippen molar-refractivity contribution in [1.29, 1.82) is 0 Å². The molecule has 0 fully saturated rings. The van der Waals surface area contributed by atoms with Crippen LogP contribution in [-0.4, -0.2) is 68.7 Å². The van der Waals surface area contributed by atoms with E-state index in [9.17, 15) is 68.7 Å². The number of nitrogens with two attached hydrogens (primary N) is 2. The van der Waals surface area contributed by atoms with E-state index in [0.29, 0.717) is 35.7 Å². The summed E-state index contributed by atoms with van der Waals surface area (Å²) in [6.45, 7) is 0. The largest absolute Gasteiger partial charge is 0.399 e. The summed E-state index contributed by atoms with van der Waals surface area (Å²) < 4.78 is 193. The normalized spacial score (nSPS) is 12.9. The van der Waals surface area contributed by atoms with Gasteiger partial charge in [-0.1, -0.05) is 35.7 Å². The highest BCUT2D eigenvalue weighted by molar-refractivity contribution is 8.00. The zero-order valence-electron chi connectivity index (χ0n) is 30.7. The van der Waals surface area contributed by atoms with Gasteiger partial charge >= 0.3 is 0 Å². The van der Waals surface area contributed by atoms with Gasteiger partial charge in [0, 0.05) is 42.1 Å². The lowest BCUT2D eigenvalue weighted by Crippen LogP contribution is -2.10. The molecule has 0 amide bonds. The van der Waals surface area contributed by atoms with Gasteiger partial charge in [0.1, 0.15) is 9.79 Å². The Morgan fingerprint density at radius 3 is 0.935 bits per heavy atom. The van der Waals surface area contributed by atoms with Crippen molar-refractivity contribution in [3.05, 3.63) is 121 Å². The van der Waals surface area contributed by atoms with Gasteiger partial charge in [-0.15, -0.1) is 0 Å². The summed E-state index contributed by atoms with van der Waals surface area (Å²) in [5.41, 5.74) is 11.1. The molecule has 0 aromatic heterocycles. The van der Waals surface area contributed by atoms with Crippen molar-refractivity contribution in [2.75, 3.05) is 11.5 Å². The van der Waals surface area contributed by atoms with Gasteiger partial charge < -0.3 is 11.5 Å². The molecule has 0 bridgehead atoms. The van der Waals surface area contributed by atoms with Crippen LogP contribution in [0.1, 0.15) is 0 Å². The summed E-state index contributed by atoms with van der Waals surface area (Å²) in [7, 11) is -29.2. The molecule has 0 saturated heterocycles. The number of nitrogen functional groups attached to an aromatic ring is 2. The molecule has 0 heterocycles. The van der Waals surface area contributed by atoms with Gasteiger partial charge in [-0.05, 0) is 109 Å². The first-order valence-electron chi connectivity index (χ1n) is 16.6. The molecular formula is C36H28N2O16S8. The lowest BCUT2D eigenvalue weighted by atomic mass is 10.0. The fourth-order valence-corrected chi connectivity index (χ4v) is 13.6. The third-order valence-corrected chi connectivity index (χ3v) is 18.1. The fourth-order valence-electron chi connectivity index (χ4n) is 5.72. The van der Waals surface area contributed by atoms with Crippen molar-refractivity contribution in [2.24, 2.45) is 0 Å². The average Bonchev–Trinajstić information content (AvgIpc) is 3.17. The van der Waals surface area contributed by atoms with Gasteiger partial charge in [-0.3, -0.25) is 18.2 Å². The molecule has 0 aliphatic carbocycles. The molecule has 0 saturated carbocycles. The van der Waals surface area contributed by atoms with Crippen LogP contribution in [0.3, 0.4) is 0 Å². The minimum Gasteiger partial charge on any atom is -0.399 e. The molecule has 6 aromatic rings. The van der Waals surface area contributed by atoms with Crippen LogP contribution >= 0.6 is 23.5 Å². The number of rotatable bonds is 13. The van der Waals surface area contributed by atoms with E-state index in [1.807, 2.05) is 0 Å². The van der Waals surface area contributed by atoms with Gasteiger partial charge in [0.2, 0.25) is 19.7 Å². The van der Waals surface area contributed by atoms with Crippen LogP contribution in [0.15, 0.2) is 180 Å². The monoisotopic (exact) mass is 1000 g/mol. The van der Waals surface area contributed by atoms with Crippen LogP contribution < -0.4 is 11.5 Å². The zero-order valence-corrected chi connectivity index (χ0v) is 37.2. The Bertz CT molecular complexity index is 3260. The molecule has 0 aliphatic rings. The van der Waals surface area contributed by atoms with Gasteiger partial charge in [0.25, 0.3) is 40.5 Å². The topological polar surface area (TPSA) is 338 Å². The molecular weight excluding hydrogens is 973 g/mol. The van der Waals surface area contributed by atoms with E-state index in [-0.39, 0.29) is 42.1 Å². The smallest absolute Gasteiger partial charge is 0.295 e. The van der Waals surface area contributed by atoms with Gasteiger partial charge in [-0.25, -0.2) is 16.8 Å². The molecule has 0 spiro atoms. The summed E-state index contributed by atoms with van der Waals surface area (Å²) >= 11 is 1.39.